The first kappa shape index (κ1) is 23.7. The highest BCUT2D eigenvalue weighted by Crippen LogP contribution is 2.23. The number of hydrogen-bond acceptors (Lipinski definition) is 7. The Morgan fingerprint density at radius 2 is 1.69 bits per heavy atom. The van der Waals surface area contributed by atoms with Crippen molar-refractivity contribution in [3.8, 4) is 0 Å². The van der Waals surface area contributed by atoms with Crippen LogP contribution in [0.3, 0.4) is 0 Å². The van der Waals surface area contributed by atoms with E-state index in [-0.39, 0.29) is 30.8 Å². The maximum atomic E-state index is 13.4. The quantitative estimate of drug-likeness (QED) is 0.314. The van der Waals surface area contributed by atoms with Crippen molar-refractivity contribution in [3.05, 3.63) is 28.0 Å². The number of nitrogens with one attached hydrogen (secondary N) is 1. The molecular formula is C15H14BrClFNO7. The van der Waals surface area contributed by atoms with Gasteiger partial charge in [0, 0.05) is 4.47 Å². The van der Waals surface area contributed by atoms with Crippen LogP contribution in [0.4, 0.5) is 10.1 Å². The molecule has 1 aromatic rings. The van der Waals surface area contributed by atoms with E-state index < -0.39 is 28.9 Å². The molecule has 0 heterocycles. The van der Waals surface area contributed by atoms with Crippen molar-refractivity contribution in [2.45, 2.75) is 13.8 Å². The average Bonchev–Trinajstić information content (AvgIpc) is 2.55. The van der Waals surface area contributed by atoms with Gasteiger partial charge >= 0.3 is 23.1 Å². The third kappa shape index (κ3) is 8.17. The second-order valence-corrected chi connectivity index (χ2v) is 5.39. The first-order valence-corrected chi connectivity index (χ1v) is 8.13. The Bertz CT molecular complexity index is 711. The van der Waals surface area contributed by atoms with E-state index in [1.54, 1.807) is 13.8 Å². The van der Waals surface area contributed by atoms with Crippen LogP contribution in [0.5, 0.6) is 0 Å². The minimum atomic E-state index is -1.10. The number of amides is 1. The third-order valence-corrected chi connectivity index (χ3v) is 2.97. The number of anilines is 1. The van der Waals surface area contributed by atoms with Gasteiger partial charge in [0.15, 0.2) is 6.29 Å². The van der Waals surface area contributed by atoms with Crippen LogP contribution in [0.1, 0.15) is 24.2 Å². The molecule has 1 aromatic carbocycles. The van der Waals surface area contributed by atoms with Gasteiger partial charge in [-0.05, 0) is 37.6 Å². The summed E-state index contributed by atoms with van der Waals surface area (Å²) < 4.78 is 22.4. The summed E-state index contributed by atoms with van der Waals surface area (Å²) in [5.74, 6) is -3.97. The maximum absolute atomic E-state index is 13.4. The van der Waals surface area contributed by atoms with Gasteiger partial charge < -0.3 is 14.8 Å². The molecule has 0 aromatic heterocycles. The van der Waals surface area contributed by atoms with Crippen molar-refractivity contribution in [1.29, 1.82) is 0 Å². The fourth-order valence-corrected chi connectivity index (χ4v) is 1.85. The number of ether oxygens (including phenoxy) is 2. The number of aldehydes is 1. The third-order valence-electron chi connectivity index (χ3n) is 2.36. The normalized spacial score (nSPS) is 9.27. The minimum Gasteiger partial charge on any atom is -0.459 e. The summed E-state index contributed by atoms with van der Waals surface area (Å²) in [6, 6.07) is 2.38. The predicted molar refractivity (Wildman–Crippen MR) is 92.2 cm³/mol. The van der Waals surface area contributed by atoms with Gasteiger partial charge in [-0.1, -0.05) is 15.9 Å². The van der Waals surface area contributed by atoms with Crippen LogP contribution in [-0.4, -0.2) is 42.6 Å². The molecule has 11 heteroatoms. The molecule has 0 atom stereocenters. The lowest BCUT2D eigenvalue weighted by Gasteiger charge is -2.08. The SMILES string of the molecule is CCOC(=O)C(=O)Cl.CCOC(=O)C(=O)Nc1cc(Br)cc(F)c1C=O. The Hall–Kier alpha value is -2.33. The van der Waals surface area contributed by atoms with E-state index in [0.29, 0.717) is 4.47 Å². The molecule has 0 saturated carbocycles. The van der Waals surface area contributed by atoms with Crippen molar-refractivity contribution in [1.82, 2.24) is 0 Å². The maximum Gasteiger partial charge on any atom is 0.397 e. The molecule has 26 heavy (non-hydrogen) atoms. The fraction of sp³-hybridized carbons (Fsp3) is 0.267. The number of rotatable bonds is 5. The zero-order valence-corrected chi connectivity index (χ0v) is 16.0. The lowest BCUT2D eigenvalue weighted by Crippen LogP contribution is -2.25. The van der Waals surface area contributed by atoms with Crippen LogP contribution < -0.4 is 5.32 Å². The summed E-state index contributed by atoms with van der Waals surface area (Å²) in [5, 5.41) is 1.04. The first-order chi connectivity index (χ1) is 12.2. The molecule has 0 bridgehead atoms. The van der Waals surface area contributed by atoms with Gasteiger partial charge in [-0.3, -0.25) is 14.4 Å². The molecule has 0 aliphatic heterocycles. The predicted octanol–water partition coefficient (Wildman–Crippen LogP) is 2.22. The Morgan fingerprint density at radius 1 is 1.15 bits per heavy atom. The van der Waals surface area contributed by atoms with Crippen molar-refractivity contribution in [3.63, 3.8) is 0 Å². The first-order valence-electron chi connectivity index (χ1n) is 6.96. The van der Waals surface area contributed by atoms with Gasteiger partial charge in [0.25, 0.3) is 0 Å². The molecule has 0 aliphatic rings. The molecular weight excluding hydrogens is 441 g/mol. The van der Waals surface area contributed by atoms with E-state index in [1.165, 1.54) is 6.07 Å². The molecule has 142 valence electrons. The zero-order valence-electron chi connectivity index (χ0n) is 13.6. The van der Waals surface area contributed by atoms with Crippen LogP contribution in [0.15, 0.2) is 16.6 Å². The molecule has 1 amide bonds. The monoisotopic (exact) mass is 453 g/mol. The van der Waals surface area contributed by atoms with Crippen LogP contribution in [0, 0.1) is 5.82 Å². The summed E-state index contributed by atoms with van der Waals surface area (Å²) in [6.45, 7) is 3.36. The second kappa shape index (κ2) is 12.1. The van der Waals surface area contributed by atoms with Crippen molar-refractivity contribution < 1.29 is 37.8 Å². The van der Waals surface area contributed by atoms with E-state index in [1.807, 2.05) is 0 Å². The van der Waals surface area contributed by atoms with Gasteiger partial charge in [0.05, 0.1) is 24.5 Å². The number of hydrogen-bond donors (Lipinski definition) is 1. The van der Waals surface area contributed by atoms with Crippen molar-refractivity contribution in [2.75, 3.05) is 18.5 Å². The smallest absolute Gasteiger partial charge is 0.397 e. The lowest BCUT2D eigenvalue weighted by atomic mass is 10.2. The molecule has 0 spiro atoms. The van der Waals surface area contributed by atoms with Crippen molar-refractivity contribution >= 4 is 62.6 Å². The van der Waals surface area contributed by atoms with Crippen molar-refractivity contribution in [2.24, 2.45) is 0 Å². The highest BCUT2D eigenvalue weighted by atomic mass is 79.9. The van der Waals surface area contributed by atoms with E-state index in [4.69, 9.17) is 11.6 Å². The van der Waals surface area contributed by atoms with E-state index >= 15 is 0 Å². The van der Waals surface area contributed by atoms with Gasteiger partial charge in [0.2, 0.25) is 0 Å². The van der Waals surface area contributed by atoms with Gasteiger partial charge in [0.1, 0.15) is 5.82 Å². The number of benzene rings is 1. The van der Waals surface area contributed by atoms with Crippen LogP contribution in [0.2, 0.25) is 0 Å². The molecule has 1 N–H and O–H groups in total. The molecule has 1 rings (SSSR count). The summed E-state index contributed by atoms with van der Waals surface area (Å²) in [6.07, 6.45) is 0.253. The molecule has 0 radical (unpaired) electrons. The van der Waals surface area contributed by atoms with E-state index in [2.05, 4.69) is 30.7 Å². The van der Waals surface area contributed by atoms with E-state index in [9.17, 15) is 28.4 Å². The number of halogens is 3. The van der Waals surface area contributed by atoms with Gasteiger partial charge in [-0.15, -0.1) is 0 Å². The molecule has 0 unspecified atom stereocenters. The minimum absolute atomic E-state index is 0.0413. The summed E-state index contributed by atoms with van der Waals surface area (Å²) in [7, 11) is 0. The molecule has 0 saturated heterocycles. The zero-order chi connectivity index (χ0) is 20.3. The summed E-state index contributed by atoms with van der Waals surface area (Å²) in [5.41, 5.74) is -0.439. The summed E-state index contributed by atoms with van der Waals surface area (Å²) in [4.78, 5) is 53.0. The number of esters is 2. The lowest BCUT2D eigenvalue weighted by molar-refractivity contribution is -0.152. The number of carbonyl (C=O) groups excluding carboxylic acids is 5. The summed E-state index contributed by atoms with van der Waals surface area (Å²) >= 11 is 7.70. The molecule has 0 fully saturated rings. The number of carbonyl (C=O) groups is 5. The Labute approximate surface area is 161 Å². The fourth-order valence-electron chi connectivity index (χ4n) is 1.37. The Kier molecular flexibility index (Phi) is 11.0. The highest BCUT2D eigenvalue weighted by molar-refractivity contribution is 9.10. The standard InChI is InChI=1S/C11H9BrFNO4.C4H5ClO3/c1-2-18-11(17)10(16)14-9-4-6(12)3-8(13)7(9)5-15;1-2-8-4(7)3(5)6/h3-5H,2H2,1H3,(H,14,16);2H2,1H3. The molecule has 0 aliphatic carbocycles. The topological polar surface area (TPSA) is 116 Å². The molecule has 8 nitrogen and oxygen atoms in total. The average molecular weight is 455 g/mol. The van der Waals surface area contributed by atoms with Crippen LogP contribution >= 0.6 is 27.5 Å². The Balaban J connectivity index is 0.000000660. The highest BCUT2D eigenvalue weighted by Gasteiger charge is 2.18. The van der Waals surface area contributed by atoms with Crippen LogP contribution in [-0.2, 0) is 28.7 Å². The van der Waals surface area contributed by atoms with Crippen LogP contribution in [0.25, 0.3) is 0 Å². The van der Waals surface area contributed by atoms with Gasteiger partial charge in [-0.25, -0.2) is 14.0 Å². The second-order valence-electron chi connectivity index (χ2n) is 4.14. The Morgan fingerprint density at radius 3 is 2.12 bits per heavy atom. The van der Waals surface area contributed by atoms with Gasteiger partial charge in [-0.2, -0.15) is 0 Å². The van der Waals surface area contributed by atoms with E-state index in [0.717, 1.165) is 6.07 Å². The largest absolute Gasteiger partial charge is 0.459 e.